The second-order valence-corrected chi connectivity index (χ2v) is 10.8. The van der Waals surface area contributed by atoms with E-state index in [-0.39, 0.29) is 10.6 Å². The van der Waals surface area contributed by atoms with Crippen molar-refractivity contribution in [1.29, 1.82) is 0 Å². The van der Waals surface area contributed by atoms with E-state index in [0.29, 0.717) is 19.4 Å². The number of ether oxygens (including phenoxy) is 2. The molecular weight excluding hydrogens is 488 g/mol. The number of hydrogen-bond acceptors (Lipinski definition) is 7. The molecule has 2 aromatic rings. The number of aliphatic hydroxyl groups is 1. The summed E-state index contributed by atoms with van der Waals surface area (Å²) < 4.78 is 39.4. The van der Waals surface area contributed by atoms with Crippen molar-refractivity contribution >= 4 is 22.9 Å². The van der Waals surface area contributed by atoms with E-state index in [1.54, 1.807) is 27.7 Å². The maximum atomic E-state index is 14.7. The third-order valence-electron chi connectivity index (χ3n) is 5.62. The number of aliphatic hydroxyl groups excluding tert-OH is 1. The molecule has 3 rings (SSSR count). The minimum atomic E-state index is -1.18. The number of nitrogens with zero attached hydrogens (tertiary/aromatic N) is 2. The van der Waals surface area contributed by atoms with Crippen molar-refractivity contribution in [2.75, 3.05) is 13.7 Å². The number of thioether (sulfide) groups is 1. The van der Waals surface area contributed by atoms with E-state index in [1.807, 2.05) is 30.3 Å². The van der Waals surface area contributed by atoms with Crippen molar-refractivity contribution in [2.45, 2.75) is 63.3 Å². The molecule has 3 atom stereocenters. The topological polar surface area (TPSA) is 83.4 Å². The number of methoxy groups -OCH3 is 1. The molecule has 0 aliphatic carbocycles. The van der Waals surface area contributed by atoms with Gasteiger partial charge in [-0.1, -0.05) is 42.1 Å². The quantitative estimate of drug-likeness (QED) is 0.442. The molecule has 0 saturated carbocycles. The van der Waals surface area contributed by atoms with Crippen LogP contribution in [-0.4, -0.2) is 52.8 Å². The van der Waals surface area contributed by atoms with Gasteiger partial charge in [0.2, 0.25) is 0 Å². The predicted molar refractivity (Wildman–Crippen MR) is 136 cm³/mol. The lowest BCUT2D eigenvalue weighted by molar-refractivity contribution is -0.115. The number of carbonyl (C=O) groups is 1. The van der Waals surface area contributed by atoms with E-state index in [4.69, 9.17) is 9.47 Å². The number of rotatable bonds is 9. The minimum absolute atomic E-state index is 0.00644. The van der Waals surface area contributed by atoms with Crippen molar-refractivity contribution in [1.82, 2.24) is 10.3 Å². The van der Waals surface area contributed by atoms with Crippen molar-refractivity contribution in [3.63, 3.8) is 0 Å². The minimum Gasteiger partial charge on any atom is -0.444 e. The summed E-state index contributed by atoms with van der Waals surface area (Å²) in [7, 11) is 1.48. The predicted octanol–water partition coefficient (Wildman–Crippen LogP) is 5.19. The van der Waals surface area contributed by atoms with Gasteiger partial charge in [-0.2, -0.15) is 5.10 Å². The molecule has 2 aromatic carbocycles. The van der Waals surface area contributed by atoms with Gasteiger partial charge in [-0.3, -0.25) is 0 Å². The summed E-state index contributed by atoms with van der Waals surface area (Å²) >= 11 is 1.23. The number of hydrazone groups is 1. The number of alkyl carbamates (subject to hydrolysis) is 1. The SMILES string of the molecule is CO[C@@H](C)C(O)N1N=C(c2cc(F)ccc2F)S[C@]1(CCCNC(=O)OC(C)(C)C)c1ccccc1. The van der Waals surface area contributed by atoms with Crippen molar-refractivity contribution < 1.29 is 28.2 Å². The molecule has 0 aromatic heterocycles. The van der Waals surface area contributed by atoms with Crippen LogP contribution in [0.4, 0.5) is 13.6 Å². The van der Waals surface area contributed by atoms with E-state index in [9.17, 15) is 18.7 Å². The Labute approximate surface area is 214 Å². The van der Waals surface area contributed by atoms with Gasteiger partial charge in [-0.25, -0.2) is 18.6 Å². The highest BCUT2D eigenvalue weighted by molar-refractivity contribution is 8.15. The van der Waals surface area contributed by atoms with Crippen LogP contribution in [0.3, 0.4) is 0 Å². The molecule has 7 nitrogen and oxygen atoms in total. The third-order valence-corrected chi connectivity index (χ3v) is 7.08. The Balaban J connectivity index is 1.95. The lowest BCUT2D eigenvalue weighted by Crippen LogP contribution is -2.49. The van der Waals surface area contributed by atoms with Crippen LogP contribution in [0.5, 0.6) is 0 Å². The standard InChI is InChI=1S/C26H33F2N3O4S/c1-17(34-5)23(32)31-26(18-10-7-6-8-11-18,14-9-15-29-24(33)35-25(2,3)4)36-22(30-31)20-16-19(27)12-13-21(20)28/h6-8,10-13,16-17,23,32H,9,14-15H2,1-5H3,(H,29,33)/t17-,23?,26+/m0/s1. The number of nitrogens with one attached hydrogen (secondary N) is 1. The molecule has 1 aliphatic heterocycles. The monoisotopic (exact) mass is 521 g/mol. The van der Waals surface area contributed by atoms with E-state index in [0.717, 1.165) is 23.8 Å². The van der Waals surface area contributed by atoms with Crippen LogP contribution in [0.15, 0.2) is 53.6 Å². The molecule has 1 heterocycles. The maximum absolute atomic E-state index is 14.7. The summed E-state index contributed by atoms with van der Waals surface area (Å²) in [6.07, 6.45) is -1.45. The van der Waals surface area contributed by atoms with Crippen LogP contribution in [0.2, 0.25) is 0 Å². The molecule has 1 unspecified atom stereocenters. The molecule has 0 fully saturated rings. The van der Waals surface area contributed by atoms with Crippen LogP contribution in [0.1, 0.15) is 51.7 Å². The smallest absolute Gasteiger partial charge is 0.407 e. The highest BCUT2D eigenvalue weighted by Crippen LogP contribution is 2.51. The van der Waals surface area contributed by atoms with Gasteiger partial charge in [0, 0.05) is 19.2 Å². The summed E-state index contributed by atoms with van der Waals surface area (Å²) in [4.78, 5) is 11.1. The van der Waals surface area contributed by atoms with Gasteiger partial charge in [0.15, 0.2) is 6.23 Å². The summed E-state index contributed by atoms with van der Waals surface area (Å²) in [5.74, 6) is -1.21. The molecule has 1 aliphatic rings. The van der Waals surface area contributed by atoms with Gasteiger partial charge in [-0.15, -0.1) is 0 Å². The van der Waals surface area contributed by atoms with Gasteiger partial charge in [0.05, 0.1) is 0 Å². The molecule has 0 bridgehead atoms. The van der Waals surface area contributed by atoms with E-state index in [1.165, 1.54) is 23.9 Å². The number of carbonyl (C=O) groups excluding carboxylic acids is 1. The second-order valence-electron chi connectivity index (χ2n) is 9.51. The fourth-order valence-corrected chi connectivity index (χ4v) is 5.26. The molecule has 10 heteroatoms. The molecule has 1 amide bonds. The van der Waals surface area contributed by atoms with Gasteiger partial charge in [0.25, 0.3) is 0 Å². The van der Waals surface area contributed by atoms with Gasteiger partial charge >= 0.3 is 6.09 Å². The Bertz CT molecular complexity index is 1080. The van der Waals surface area contributed by atoms with Crippen molar-refractivity contribution in [3.8, 4) is 0 Å². The normalized spacial score (nSPS) is 19.6. The summed E-state index contributed by atoms with van der Waals surface area (Å²) in [5, 5.41) is 20.3. The summed E-state index contributed by atoms with van der Waals surface area (Å²) in [5.41, 5.74) is 0.197. The first-order valence-electron chi connectivity index (χ1n) is 11.7. The van der Waals surface area contributed by atoms with Gasteiger partial charge in [0.1, 0.15) is 33.3 Å². The first-order chi connectivity index (χ1) is 17.0. The van der Waals surface area contributed by atoms with Crippen molar-refractivity contribution in [3.05, 3.63) is 71.3 Å². The Morgan fingerprint density at radius 2 is 1.92 bits per heavy atom. The van der Waals surface area contributed by atoms with Crippen molar-refractivity contribution in [2.24, 2.45) is 5.10 Å². The highest BCUT2D eigenvalue weighted by atomic mass is 32.2. The van der Waals surface area contributed by atoms with Crippen LogP contribution in [0.25, 0.3) is 0 Å². The fourth-order valence-electron chi connectivity index (χ4n) is 3.80. The molecule has 0 spiro atoms. The van der Waals surface area contributed by atoms with E-state index < -0.39 is 40.5 Å². The fraction of sp³-hybridized carbons (Fsp3) is 0.462. The van der Waals surface area contributed by atoms with Crippen LogP contribution >= 0.6 is 11.8 Å². The zero-order valence-corrected chi connectivity index (χ0v) is 21.9. The molecule has 2 N–H and O–H groups in total. The van der Waals surface area contributed by atoms with Gasteiger partial charge < -0.3 is 19.9 Å². The summed E-state index contributed by atoms with van der Waals surface area (Å²) in [6, 6.07) is 12.6. The van der Waals surface area contributed by atoms with E-state index >= 15 is 0 Å². The molecular formula is C26H33F2N3O4S. The zero-order valence-electron chi connectivity index (χ0n) is 21.1. The first-order valence-corrected chi connectivity index (χ1v) is 12.5. The molecule has 0 saturated heterocycles. The molecule has 36 heavy (non-hydrogen) atoms. The number of hydrogen-bond donors (Lipinski definition) is 2. The maximum Gasteiger partial charge on any atom is 0.407 e. The number of amides is 1. The summed E-state index contributed by atoms with van der Waals surface area (Å²) in [6.45, 7) is 7.36. The van der Waals surface area contributed by atoms with Crippen LogP contribution < -0.4 is 5.32 Å². The number of halogens is 2. The Kier molecular flexibility index (Phi) is 8.97. The second kappa shape index (κ2) is 11.6. The Morgan fingerprint density at radius 1 is 1.22 bits per heavy atom. The largest absolute Gasteiger partial charge is 0.444 e. The first kappa shape index (κ1) is 27.9. The highest BCUT2D eigenvalue weighted by Gasteiger charge is 2.49. The van der Waals surface area contributed by atoms with E-state index in [2.05, 4.69) is 10.4 Å². The van der Waals surface area contributed by atoms with Crippen LogP contribution in [-0.2, 0) is 14.3 Å². The average molecular weight is 522 g/mol. The third kappa shape index (κ3) is 6.54. The Morgan fingerprint density at radius 3 is 2.56 bits per heavy atom. The zero-order chi connectivity index (χ0) is 26.5. The number of benzene rings is 2. The molecule has 0 radical (unpaired) electrons. The lowest BCUT2D eigenvalue weighted by Gasteiger charge is -2.41. The van der Waals surface area contributed by atoms with Gasteiger partial charge in [-0.05, 0) is 64.3 Å². The lowest BCUT2D eigenvalue weighted by atomic mass is 9.99. The average Bonchev–Trinajstić information content (AvgIpc) is 3.22. The van der Waals surface area contributed by atoms with Crippen LogP contribution in [0, 0.1) is 11.6 Å². The molecule has 196 valence electrons. The Hall–Kier alpha value is -2.69.